The number of carbonyl (C=O) groups excluding carboxylic acids is 2. The topological polar surface area (TPSA) is 117 Å². The highest BCUT2D eigenvalue weighted by molar-refractivity contribution is 5.95. The Hall–Kier alpha value is -1.67. The van der Waals surface area contributed by atoms with Crippen LogP contribution in [0.3, 0.4) is 0 Å². The molecule has 0 saturated carbocycles. The third kappa shape index (κ3) is 5.98. The molecule has 20 heavy (non-hydrogen) atoms. The van der Waals surface area contributed by atoms with Crippen molar-refractivity contribution in [3.05, 3.63) is 0 Å². The van der Waals surface area contributed by atoms with Gasteiger partial charge in [-0.05, 0) is 12.8 Å². The van der Waals surface area contributed by atoms with Crippen molar-refractivity contribution in [3.8, 4) is 0 Å². The number of methoxy groups -OCH3 is 1. The van der Waals surface area contributed by atoms with Crippen molar-refractivity contribution < 1.29 is 24.2 Å². The normalized spacial score (nSPS) is 10.9. The quantitative estimate of drug-likeness (QED) is 0.433. The van der Waals surface area contributed by atoms with Gasteiger partial charge >= 0.3 is 12.0 Å². The van der Waals surface area contributed by atoms with Gasteiger partial charge in [0.1, 0.15) is 5.54 Å². The number of hydrogen-bond acceptors (Lipinski definition) is 5. The number of rotatable bonds is 9. The number of carboxylic acids is 1. The zero-order chi connectivity index (χ0) is 15.6. The van der Waals surface area contributed by atoms with Gasteiger partial charge in [0.25, 0.3) is 0 Å². The Kier molecular flexibility index (Phi) is 8.49. The largest absolute Gasteiger partial charge is 0.480 e. The van der Waals surface area contributed by atoms with E-state index >= 15 is 0 Å². The summed E-state index contributed by atoms with van der Waals surface area (Å²) in [5.74, 6) is -1.60. The molecule has 0 aromatic carbocycles. The average molecular weight is 289 g/mol. The molecule has 0 heterocycles. The minimum atomic E-state index is -1.15. The van der Waals surface area contributed by atoms with Crippen molar-refractivity contribution in [3.63, 3.8) is 0 Å². The molecule has 0 atom stereocenters. The van der Waals surface area contributed by atoms with Crippen molar-refractivity contribution in [2.24, 2.45) is 0 Å². The van der Waals surface area contributed by atoms with Gasteiger partial charge in [0.2, 0.25) is 5.91 Å². The van der Waals surface area contributed by atoms with Gasteiger partial charge in [-0.1, -0.05) is 13.8 Å². The maximum atomic E-state index is 11.5. The highest BCUT2D eigenvalue weighted by Gasteiger charge is 2.34. The lowest BCUT2D eigenvalue weighted by atomic mass is 9.93. The number of ether oxygens (including phenoxy) is 1. The van der Waals surface area contributed by atoms with Crippen LogP contribution in [0.4, 0.5) is 4.79 Å². The molecule has 0 aliphatic heterocycles. The molecule has 0 aromatic heterocycles. The third-order valence-electron chi connectivity index (χ3n) is 3.05. The second-order valence-corrected chi connectivity index (χ2v) is 4.24. The number of imide groups is 1. The zero-order valence-electron chi connectivity index (χ0n) is 12.1. The van der Waals surface area contributed by atoms with Crippen LogP contribution < -0.4 is 16.0 Å². The van der Waals surface area contributed by atoms with E-state index in [4.69, 9.17) is 4.74 Å². The molecule has 0 fully saturated rings. The lowest BCUT2D eigenvalue weighted by Crippen LogP contribution is -2.55. The van der Waals surface area contributed by atoms with Crippen molar-refractivity contribution in [2.75, 3.05) is 26.8 Å². The molecule has 4 N–H and O–H groups in total. The number of hydrogen-bond donors (Lipinski definition) is 4. The van der Waals surface area contributed by atoms with Crippen LogP contribution in [0.5, 0.6) is 0 Å². The summed E-state index contributed by atoms with van der Waals surface area (Å²) in [6.45, 7) is 3.82. The minimum Gasteiger partial charge on any atom is -0.480 e. The first-order valence-corrected chi connectivity index (χ1v) is 6.46. The number of amides is 3. The van der Waals surface area contributed by atoms with Crippen molar-refractivity contribution in [1.29, 1.82) is 0 Å². The van der Waals surface area contributed by atoms with Crippen LogP contribution in [0.25, 0.3) is 0 Å². The Morgan fingerprint density at radius 3 is 2.25 bits per heavy atom. The molecule has 0 aliphatic rings. The molecule has 3 amide bonds. The van der Waals surface area contributed by atoms with Crippen LogP contribution in [-0.4, -0.2) is 55.4 Å². The van der Waals surface area contributed by atoms with E-state index in [0.717, 1.165) is 0 Å². The van der Waals surface area contributed by atoms with E-state index < -0.39 is 23.4 Å². The van der Waals surface area contributed by atoms with Gasteiger partial charge in [-0.25, -0.2) is 4.79 Å². The van der Waals surface area contributed by atoms with Gasteiger partial charge in [0.15, 0.2) is 0 Å². The summed E-state index contributed by atoms with van der Waals surface area (Å²) in [6, 6.07) is -0.636. The molecule has 116 valence electrons. The molecule has 0 rings (SSSR count). The lowest BCUT2D eigenvalue weighted by molar-refractivity contribution is -0.145. The molecule has 0 aliphatic carbocycles. The van der Waals surface area contributed by atoms with Crippen LogP contribution in [0.2, 0.25) is 0 Å². The van der Waals surface area contributed by atoms with E-state index in [1.54, 1.807) is 13.8 Å². The van der Waals surface area contributed by atoms with Gasteiger partial charge in [0, 0.05) is 13.7 Å². The van der Waals surface area contributed by atoms with E-state index in [1.165, 1.54) is 7.11 Å². The predicted molar refractivity (Wildman–Crippen MR) is 72.4 cm³/mol. The summed E-state index contributed by atoms with van der Waals surface area (Å²) in [7, 11) is 1.50. The maximum Gasteiger partial charge on any atom is 0.323 e. The van der Waals surface area contributed by atoms with E-state index in [9.17, 15) is 19.5 Å². The molecule has 0 aromatic rings. The lowest BCUT2D eigenvalue weighted by Gasteiger charge is -2.27. The maximum absolute atomic E-state index is 11.5. The first-order valence-electron chi connectivity index (χ1n) is 6.46. The summed E-state index contributed by atoms with van der Waals surface area (Å²) in [6.07, 6.45) is 0.679. The Morgan fingerprint density at radius 1 is 1.20 bits per heavy atom. The molecule has 0 spiro atoms. The summed E-state index contributed by atoms with van der Waals surface area (Å²) in [4.78, 5) is 34.0. The summed E-state index contributed by atoms with van der Waals surface area (Å²) in [5.41, 5.74) is -1.15. The number of carbonyl (C=O) groups is 3. The van der Waals surface area contributed by atoms with Crippen LogP contribution in [0, 0.1) is 0 Å². The number of aliphatic carboxylic acids is 1. The highest BCUT2D eigenvalue weighted by Crippen LogP contribution is 2.14. The fourth-order valence-electron chi connectivity index (χ4n) is 1.61. The van der Waals surface area contributed by atoms with E-state index in [2.05, 4.69) is 16.0 Å². The predicted octanol–water partition coefficient (Wildman–Crippen LogP) is -0.308. The monoisotopic (exact) mass is 289 g/mol. The Labute approximate surface area is 118 Å². The second-order valence-electron chi connectivity index (χ2n) is 4.24. The summed E-state index contributed by atoms with van der Waals surface area (Å²) >= 11 is 0. The van der Waals surface area contributed by atoms with Crippen LogP contribution in [-0.2, 0) is 14.3 Å². The molecule has 0 saturated heterocycles. The summed E-state index contributed by atoms with van der Waals surface area (Å²) < 4.78 is 4.74. The van der Waals surface area contributed by atoms with Gasteiger partial charge in [0.05, 0.1) is 13.2 Å². The number of carboxylic acid groups (broad SMARTS) is 1. The summed E-state index contributed by atoms with van der Waals surface area (Å²) in [5, 5.41) is 16.4. The third-order valence-corrected chi connectivity index (χ3v) is 3.05. The van der Waals surface area contributed by atoms with Gasteiger partial charge in [-0.2, -0.15) is 0 Å². The van der Waals surface area contributed by atoms with E-state index in [1.807, 2.05) is 0 Å². The van der Waals surface area contributed by atoms with Crippen LogP contribution in [0.15, 0.2) is 0 Å². The van der Waals surface area contributed by atoms with Crippen molar-refractivity contribution in [1.82, 2.24) is 16.0 Å². The fraction of sp³-hybridized carbons (Fsp3) is 0.750. The molecule has 0 radical (unpaired) electrons. The van der Waals surface area contributed by atoms with Gasteiger partial charge in [-0.15, -0.1) is 0 Å². The van der Waals surface area contributed by atoms with Crippen LogP contribution >= 0.6 is 0 Å². The fourth-order valence-corrected chi connectivity index (χ4v) is 1.61. The first-order chi connectivity index (χ1) is 9.41. The highest BCUT2D eigenvalue weighted by atomic mass is 16.5. The van der Waals surface area contributed by atoms with E-state index in [-0.39, 0.29) is 13.1 Å². The Morgan fingerprint density at radius 2 is 1.80 bits per heavy atom. The molecule has 8 heteroatoms. The van der Waals surface area contributed by atoms with Gasteiger partial charge in [-0.3, -0.25) is 20.2 Å². The van der Waals surface area contributed by atoms with Crippen molar-refractivity contribution in [2.45, 2.75) is 32.2 Å². The average Bonchev–Trinajstić information content (AvgIpc) is 2.40. The van der Waals surface area contributed by atoms with Crippen LogP contribution in [0.1, 0.15) is 26.7 Å². The Bertz CT molecular complexity index is 342. The second kappa shape index (κ2) is 9.27. The molecular formula is C12H23N3O5. The molecule has 8 nitrogen and oxygen atoms in total. The number of nitrogens with one attached hydrogen (secondary N) is 3. The van der Waals surface area contributed by atoms with Crippen molar-refractivity contribution >= 4 is 17.9 Å². The first kappa shape index (κ1) is 18.3. The van der Waals surface area contributed by atoms with Gasteiger partial charge < -0.3 is 15.2 Å². The zero-order valence-corrected chi connectivity index (χ0v) is 12.1. The molecular weight excluding hydrogens is 266 g/mol. The molecule has 0 unspecified atom stereocenters. The SMILES string of the molecule is CCC(CC)(NCC(=O)NC(=O)NCCOC)C(=O)O. The minimum absolute atomic E-state index is 0.244. The Balaban J connectivity index is 4.20. The molecule has 0 bridgehead atoms. The smallest absolute Gasteiger partial charge is 0.323 e. The number of urea groups is 1. The van der Waals surface area contributed by atoms with E-state index in [0.29, 0.717) is 19.4 Å². The standard InChI is InChI=1S/C12H23N3O5/c1-4-12(5-2,10(17)18)14-8-9(16)15-11(19)13-6-7-20-3/h14H,4-8H2,1-3H3,(H,17,18)(H2,13,15,16,19).